The molecule has 94 valence electrons. The Kier molecular flexibility index (Phi) is 3.65. The first-order chi connectivity index (χ1) is 7.77. The van der Waals surface area contributed by atoms with Crippen molar-refractivity contribution in [3.05, 3.63) is 23.3 Å². The molecule has 0 aliphatic carbocycles. The van der Waals surface area contributed by atoms with E-state index >= 15 is 0 Å². The third-order valence-electron chi connectivity index (χ3n) is 2.13. The van der Waals surface area contributed by atoms with Crippen molar-refractivity contribution >= 4 is 11.5 Å². The Bertz CT molecular complexity index is 441. The minimum Gasteiger partial charge on any atom is -0.492 e. The van der Waals surface area contributed by atoms with Crippen LogP contribution in [-0.2, 0) is 6.18 Å². The Morgan fingerprint density at radius 2 is 2.00 bits per heavy atom. The number of alkyl halides is 3. The summed E-state index contributed by atoms with van der Waals surface area (Å²) >= 11 is 0. The van der Waals surface area contributed by atoms with Crippen LogP contribution >= 0.6 is 0 Å². The smallest absolute Gasteiger partial charge is 0.417 e. The van der Waals surface area contributed by atoms with Gasteiger partial charge in [0.2, 0.25) is 0 Å². The summed E-state index contributed by atoms with van der Waals surface area (Å²) in [5.41, 5.74) is 3.83. The molecule has 0 atom stereocenters. The van der Waals surface area contributed by atoms with Crippen LogP contribution in [0.25, 0.3) is 0 Å². The zero-order valence-electron chi connectivity index (χ0n) is 9.39. The lowest BCUT2D eigenvalue weighted by molar-refractivity contribution is -0.137. The van der Waals surface area contributed by atoms with Gasteiger partial charge in [-0.3, -0.25) is 4.79 Å². The lowest BCUT2D eigenvalue weighted by Crippen LogP contribution is -2.13. The topological polar surface area (TPSA) is 52.3 Å². The number of ether oxygens (including phenoxy) is 1. The molecule has 0 unspecified atom stereocenters. The number of ketones is 1. The molecule has 0 amide bonds. The molecule has 0 saturated heterocycles. The first-order valence-corrected chi connectivity index (χ1v) is 4.91. The van der Waals surface area contributed by atoms with Crippen LogP contribution in [0.5, 0.6) is 5.75 Å². The van der Waals surface area contributed by atoms with Gasteiger partial charge in [-0.1, -0.05) is 0 Å². The second-order valence-electron chi connectivity index (χ2n) is 3.42. The van der Waals surface area contributed by atoms with E-state index in [1.165, 1.54) is 0 Å². The number of nitrogens with two attached hydrogens (primary N) is 1. The van der Waals surface area contributed by atoms with Crippen LogP contribution < -0.4 is 10.5 Å². The Hall–Kier alpha value is -1.72. The number of halogens is 3. The number of hydrogen-bond acceptors (Lipinski definition) is 3. The van der Waals surface area contributed by atoms with Crippen molar-refractivity contribution in [3.8, 4) is 5.75 Å². The number of carbonyl (C=O) groups excluding carboxylic acids is 1. The molecule has 0 aliphatic heterocycles. The highest BCUT2D eigenvalue weighted by molar-refractivity contribution is 5.97. The fourth-order valence-electron chi connectivity index (χ4n) is 1.40. The second-order valence-corrected chi connectivity index (χ2v) is 3.42. The molecule has 3 nitrogen and oxygen atoms in total. The number of Topliss-reactive ketones (excluding diaryl/α,β-unsaturated/α-hetero) is 1. The summed E-state index contributed by atoms with van der Waals surface area (Å²) in [7, 11) is 0. The van der Waals surface area contributed by atoms with Crippen molar-refractivity contribution in [2.45, 2.75) is 20.0 Å². The normalized spacial score (nSPS) is 11.4. The van der Waals surface area contributed by atoms with Gasteiger partial charge >= 0.3 is 6.18 Å². The van der Waals surface area contributed by atoms with Gasteiger partial charge in [-0.15, -0.1) is 0 Å². The van der Waals surface area contributed by atoms with Crippen molar-refractivity contribution in [2.24, 2.45) is 0 Å². The Labute approximate surface area is 96.4 Å². The standard InChI is InChI=1S/C11H12F3NO2/c1-3-17-10-4-7(6(2)16)8(5-9(10)15)11(12,13)14/h4-5H,3,15H2,1-2H3. The monoisotopic (exact) mass is 247 g/mol. The predicted molar refractivity (Wildman–Crippen MR) is 57.0 cm³/mol. The molecule has 1 aromatic rings. The molecule has 2 N–H and O–H groups in total. The quantitative estimate of drug-likeness (QED) is 0.660. The summed E-state index contributed by atoms with van der Waals surface area (Å²) in [5, 5.41) is 0. The summed E-state index contributed by atoms with van der Waals surface area (Å²) in [5.74, 6) is -0.594. The molecule has 0 fully saturated rings. The van der Waals surface area contributed by atoms with Crippen LogP contribution in [0.2, 0.25) is 0 Å². The summed E-state index contributed by atoms with van der Waals surface area (Å²) < 4.78 is 43.0. The van der Waals surface area contributed by atoms with Crippen LogP contribution in [0.15, 0.2) is 12.1 Å². The van der Waals surface area contributed by atoms with E-state index in [-0.39, 0.29) is 18.0 Å². The van der Waals surface area contributed by atoms with E-state index < -0.39 is 23.1 Å². The number of carbonyl (C=O) groups is 1. The lowest BCUT2D eigenvalue weighted by atomic mass is 10.0. The first kappa shape index (κ1) is 13.3. The maximum Gasteiger partial charge on any atom is 0.417 e. The zero-order valence-corrected chi connectivity index (χ0v) is 9.39. The maximum atomic E-state index is 12.7. The highest BCUT2D eigenvalue weighted by Crippen LogP contribution is 2.37. The highest BCUT2D eigenvalue weighted by Gasteiger charge is 2.35. The maximum absolute atomic E-state index is 12.7. The van der Waals surface area contributed by atoms with Gasteiger partial charge in [0.05, 0.1) is 17.9 Å². The number of rotatable bonds is 3. The van der Waals surface area contributed by atoms with Crippen LogP contribution in [0.3, 0.4) is 0 Å². The van der Waals surface area contributed by atoms with E-state index in [1.54, 1.807) is 6.92 Å². The van der Waals surface area contributed by atoms with Crippen LogP contribution in [0.4, 0.5) is 18.9 Å². The summed E-state index contributed by atoms with van der Waals surface area (Å²) in [6, 6.07) is 1.76. The third-order valence-corrected chi connectivity index (χ3v) is 2.13. The average molecular weight is 247 g/mol. The minimum atomic E-state index is -4.61. The molecule has 0 radical (unpaired) electrons. The van der Waals surface area contributed by atoms with Gasteiger partial charge in [0.25, 0.3) is 0 Å². The molecule has 0 saturated carbocycles. The van der Waals surface area contributed by atoms with E-state index in [1.807, 2.05) is 0 Å². The summed E-state index contributed by atoms with van der Waals surface area (Å²) in [6.07, 6.45) is -4.61. The fraction of sp³-hybridized carbons (Fsp3) is 0.364. The molecule has 0 bridgehead atoms. The average Bonchev–Trinajstić information content (AvgIpc) is 2.19. The number of nitrogen functional groups attached to an aromatic ring is 1. The molecule has 6 heteroatoms. The number of hydrogen-bond donors (Lipinski definition) is 1. The van der Waals surface area contributed by atoms with E-state index in [0.29, 0.717) is 0 Å². The van der Waals surface area contributed by atoms with Gasteiger partial charge < -0.3 is 10.5 Å². The Morgan fingerprint density at radius 1 is 1.41 bits per heavy atom. The van der Waals surface area contributed by atoms with E-state index in [2.05, 4.69) is 0 Å². The predicted octanol–water partition coefficient (Wildman–Crippen LogP) is 2.89. The highest BCUT2D eigenvalue weighted by atomic mass is 19.4. The SMILES string of the molecule is CCOc1cc(C(C)=O)c(C(F)(F)F)cc1N. The Morgan fingerprint density at radius 3 is 2.41 bits per heavy atom. The number of anilines is 1. The molecule has 17 heavy (non-hydrogen) atoms. The first-order valence-electron chi connectivity index (χ1n) is 4.91. The molecular formula is C11H12F3NO2. The lowest BCUT2D eigenvalue weighted by Gasteiger charge is -2.14. The van der Waals surface area contributed by atoms with Crippen molar-refractivity contribution < 1.29 is 22.7 Å². The van der Waals surface area contributed by atoms with Gasteiger partial charge in [-0.25, -0.2) is 0 Å². The van der Waals surface area contributed by atoms with Gasteiger partial charge in [-0.2, -0.15) is 13.2 Å². The van der Waals surface area contributed by atoms with Gasteiger partial charge in [-0.05, 0) is 26.0 Å². The van der Waals surface area contributed by atoms with Gasteiger partial charge in [0.1, 0.15) is 5.75 Å². The van der Waals surface area contributed by atoms with Gasteiger partial charge in [0.15, 0.2) is 5.78 Å². The number of benzene rings is 1. The minimum absolute atomic E-state index is 0.0886. The molecule has 1 aromatic carbocycles. The third kappa shape index (κ3) is 2.89. The van der Waals surface area contributed by atoms with Crippen molar-refractivity contribution in [1.82, 2.24) is 0 Å². The molecule has 0 spiro atoms. The van der Waals surface area contributed by atoms with Crippen molar-refractivity contribution in [1.29, 1.82) is 0 Å². The van der Waals surface area contributed by atoms with Gasteiger partial charge in [0, 0.05) is 5.56 Å². The van der Waals surface area contributed by atoms with Crippen molar-refractivity contribution in [2.75, 3.05) is 12.3 Å². The second kappa shape index (κ2) is 4.65. The fourth-order valence-corrected chi connectivity index (χ4v) is 1.40. The largest absolute Gasteiger partial charge is 0.492 e. The van der Waals surface area contributed by atoms with E-state index in [4.69, 9.17) is 10.5 Å². The van der Waals surface area contributed by atoms with Crippen LogP contribution in [0, 0.1) is 0 Å². The van der Waals surface area contributed by atoms with Crippen LogP contribution in [0.1, 0.15) is 29.8 Å². The molecule has 0 aliphatic rings. The van der Waals surface area contributed by atoms with E-state index in [9.17, 15) is 18.0 Å². The zero-order chi connectivity index (χ0) is 13.2. The molecule has 1 rings (SSSR count). The van der Waals surface area contributed by atoms with E-state index in [0.717, 1.165) is 19.1 Å². The van der Waals surface area contributed by atoms with Crippen LogP contribution in [-0.4, -0.2) is 12.4 Å². The summed E-state index contributed by atoms with van der Waals surface area (Å²) in [6.45, 7) is 2.99. The summed E-state index contributed by atoms with van der Waals surface area (Å²) in [4.78, 5) is 11.2. The Balaban J connectivity index is 3.41. The molecule has 0 aromatic heterocycles. The van der Waals surface area contributed by atoms with Crippen molar-refractivity contribution in [3.63, 3.8) is 0 Å². The molecule has 0 heterocycles. The molecular weight excluding hydrogens is 235 g/mol.